The van der Waals surface area contributed by atoms with E-state index in [1.54, 1.807) is 0 Å². The number of aryl methyl sites for hydroxylation is 2. The summed E-state index contributed by atoms with van der Waals surface area (Å²) in [5.74, 6) is 2.31. The number of rotatable bonds is 5. The molecule has 39 heavy (non-hydrogen) atoms. The van der Waals surface area contributed by atoms with Crippen molar-refractivity contribution in [3.05, 3.63) is 59.9 Å². The van der Waals surface area contributed by atoms with Crippen LogP contribution in [0.4, 0.5) is 0 Å². The Balaban J connectivity index is 1.09. The number of piperidine rings is 1. The summed E-state index contributed by atoms with van der Waals surface area (Å²) >= 11 is 0. The zero-order valence-electron chi connectivity index (χ0n) is 23.1. The molecule has 2 amide bonds. The van der Waals surface area contributed by atoms with Crippen LogP contribution in [0.2, 0.25) is 0 Å². The lowest BCUT2D eigenvalue weighted by atomic mass is 9.74. The Morgan fingerprint density at radius 1 is 0.949 bits per heavy atom. The van der Waals surface area contributed by atoms with E-state index >= 15 is 0 Å². The number of amides is 2. The third kappa shape index (κ3) is 7.40. The maximum absolute atomic E-state index is 13.0. The number of hydrogen-bond donors (Lipinski definition) is 2. The van der Waals surface area contributed by atoms with E-state index in [0.29, 0.717) is 32.4 Å². The monoisotopic (exact) mass is 530 g/mol. The highest BCUT2D eigenvalue weighted by molar-refractivity contribution is 5.77. The zero-order valence-corrected chi connectivity index (χ0v) is 23.1. The van der Waals surface area contributed by atoms with Crippen molar-refractivity contribution in [1.82, 2.24) is 20.2 Å². The third-order valence-corrected chi connectivity index (χ3v) is 8.51. The number of aromatic nitrogens is 2. The molecule has 1 aromatic heterocycles. The number of imidazole rings is 1. The molecule has 2 aliphatic heterocycles. The Morgan fingerprint density at radius 2 is 1.77 bits per heavy atom. The van der Waals surface area contributed by atoms with Gasteiger partial charge in [0.2, 0.25) is 11.8 Å². The van der Waals surface area contributed by atoms with Gasteiger partial charge in [-0.15, -0.1) is 0 Å². The Kier molecular flexibility index (Phi) is 9.17. The predicted molar refractivity (Wildman–Crippen MR) is 154 cm³/mol. The fourth-order valence-electron chi connectivity index (χ4n) is 6.05. The molecule has 1 fully saturated rings. The molecule has 5 rings (SSSR count). The molecule has 1 saturated heterocycles. The quantitative estimate of drug-likeness (QED) is 0.421. The summed E-state index contributed by atoms with van der Waals surface area (Å²) in [6, 6.07) is 16.4. The average molecular weight is 531 g/mol. The number of nitrogens with one attached hydrogen (secondary N) is 2. The fourth-order valence-corrected chi connectivity index (χ4v) is 6.05. The summed E-state index contributed by atoms with van der Waals surface area (Å²) in [6.45, 7) is 2.84. The van der Waals surface area contributed by atoms with Crippen LogP contribution < -0.4 is 10.1 Å². The van der Waals surface area contributed by atoms with Gasteiger partial charge in [0, 0.05) is 38.9 Å². The Hall–Kier alpha value is -3.35. The second kappa shape index (κ2) is 13.1. The van der Waals surface area contributed by atoms with Gasteiger partial charge in [0.25, 0.3) is 0 Å². The van der Waals surface area contributed by atoms with Crippen LogP contribution in [0.1, 0.15) is 75.6 Å². The number of aromatic amines is 1. The molecular weight excluding hydrogens is 488 g/mol. The second-order valence-corrected chi connectivity index (χ2v) is 11.3. The highest BCUT2D eigenvalue weighted by atomic mass is 16.5. The number of para-hydroxylation sites is 3. The summed E-state index contributed by atoms with van der Waals surface area (Å²) in [7, 11) is 0. The maximum Gasteiger partial charge on any atom is 0.222 e. The van der Waals surface area contributed by atoms with E-state index in [1.165, 1.54) is 5.56 Å². The van der Waals surface area contributed by atoms with Crippen LogP contribution in [0.15, 0.2) is 48.5 Å². The van der Waals surface area contributed by atoms with Gasteiger partial charge in [-0.2, -0.15) is 0 Å². The number of hydrogen-bond acceptors (Lipinski definition) is 4. The molecule has 2 aromatic carbocycles. The van der Waals surface area contributed by atoms with Crippen molar-refractivity contribution in [2.75, 3.05) is 26.2 Å². The molecule has 1 spiro atoms. The van der Waals surface area contributed by atoms with Crippen LogP contribution in [-0.4, -0.2) is 52.9 Å². The van der Waals surface area contributed by atoms with Gasteiger partial charge < -0.3 is 19.9 Å². The topological polar surface area (TPSA) is 87.3 Å². The van der Waals surface area contributed by atoms with E-state index in [9.17, 15) is 9.59 Å². The van der Waals surface area contributed by atoms with Crippen molar-refractivity contribution < 1.29 is 14.3 Å². The first-order valence-corrected chi connectivity index (χ1v) is 14.8. The second-order valence-electron chi connectivity index (χ2n) is 11.3. The standard InChI is InChI=1S/C32H42N4O3/c37-30-16-9-23-39-28-14-4-1-10-25(28)11-7-8-18-32(24-33-30)19-21-36(22-20-32)31(38)17-6-5-15-29-34-26-12-2-3-13-27(26)35-29/h1-4,10,12-14H,5-9,11,15-24H2,(H,33,37)(H,34,35). The number of fused-ring (bicyclic) bond motifs is 2. The molecule has 3 aromatic rings. The normalized spacial score (nSPS) is 18.7. The van der Waals surface area contributed by atoms with Gasteiger partial charge in [-0.1, -0.05) is 36.8 Å². The van der Waals surface area contributed by atoms with Crippen LogP contribution in [0, 0.1) is 5.41 Å². The van der Waals surface area contributed by atoms with Crippen LogP contribution in [0.3, 0.4) is 0 Å². The number of likely N-dealkylation sites (tertiary alicyclic amines) is 1. The van der Waals surface area contributed by atoms with E-state index in [2.05, 4.69) is 27.4 Å². The number of carbonyl (C=O) groups is 2. The molecule has 0 saturated carbocycles. The first-order valence-electron chi connectivity index (χ1n) is 14.8. The van der Waals surface area contributed by atoms with E-state index in [0.717, 1.165) is 93.5 Å². The summed E-state index contributed by atoms with van der Waals surface area (Å²) in [5.41, 5.74) is 3.40. The van der Waals surface area contributed by atoms with E-state index < -0.39 is 0 Å². The van der Waals surface area contributed by atoms with Gasteiger partial charge in [0.1, 0.15) is 11.6 Å². The van der Waals surface area contributed by atoms with Crippen LogP contribution >= 0.6 is 0 Å². The van der Waals surface area contributed by atoms with Crippen molar-refractivity contribution in [2.45, 2.75) is 77.0 Å². The third-order valence-electron chi connectivity index (χ3n) is 8.51. The Labute approximate surface area is 231 Å². The molecule has 0 atom stereocenters. The van der Waals surface area contributed by atoms with Gasteiger partial charge in [-0.05, 0) is 80.5 Å². The first-order chi connectivity index (χ1) is 19.1. The van der Waals surface area contributed by atoms with E-state index in [4.69, 9.17) is 4.74 Å². The summed E-state index contributed by atoms with van der Waals surface area (Å²) in [5, 5.41) is 3.22. The predicted octanol–water partition coefficient (Wildman–Crippen LogP) is 5.59. The van der Waals surface area contributed by atoms with Crippen molar-refractivity contribution in [2.24, 2.45) is 5.41 Å². The van der Waals surface area contributed by atoms with E-state index in [1.807, 2.05) is 41.3 Å². The number of ether oxygens (including phenoxy) is 1. The SMILES string of the molecule is O=C1CCCOc2ccccc2CCCCC2(CCN(C(=O)CCCCc3nc4ccccc4[nH]3)CC2)CN1. The molecule has 7 heteroatoms. The first kappa shape index (κ1) is 27.2. The number of nitrogens with zero attached hydrogens (tertiary/aromatic N) is 2. The molecule has 3 heterocycles. The average Bonchev–Trinajstić information content (AvgIpc) is 3.38. The minimum Gasteiger partial charge on any atom is -0.493 e. The largest absolute Gasteiger partial charge is 0.493 e. The van der Waals surface area contributed by atoms with Crippen LogP contribution in [0.25, 0.3) is 11.0 Å². The summed E-state index contributed by atoms with van der Waals surface area (Å²) in [6.07, 6.45) is 10.7. The lowest BCUT2D eigenvalue weighted by Crippen LogP contribution is -2.48. The zero-order chi connectivity index (χ0) is 26.9. The van der Waals surface area contributed by atoms with Crippen LogP contribution in [-0.2, 0) is 22.4 Å². The highest BCUT2D eigenvalue weighted by Gasteiger charge is 2.35. The molecule has 0 aliphatic carbocycles. The molecule has 0 unspecified atom stereocenters. The van der Waals surface area contributed by atoms with Gasteiger partial charge in [0.05, 0.1) is 17.6 Å². The molecule has 7 nitrogen and oxygen atoms in total. The lowest BCUT2D eigenvalue weighted by Gasteiger charge is -2.42. The number of H-pyrrole nitrogens is 1. The van der Waals surface area contributed by atoms with Gasteiger partial charge in [0.15, 0.2) is 0 Å². The van der Waals surface area contributed by atoms with Crippen LogP contribution in [0.5, 0.6) is 5.75 Å². The summed E-state index contributed by atoms with van der Waals surface area (Å²) < 4.78 is 5.97. The molecule has 208 valence electrons. The molecular formula is C32H42N4O3. The summed E-state index contributed by atoms with van der Waals surface area (Å²) in [4.78, 5) is 35.6. The Bertz CT molecular complexity index is 1210. The highest BCUT2D eigenvalue weighted by Crippen LogP contribution is 2.37. The van der Waals surface area contributed by atoms with Crippen molar-refractivity contribution in [3.8, 4) is 5.75 Å². The van der Waals surface area contributed by atoms with Gasteiger partial charge >= 0.3 is 0 Å². The minimum absolute atomic E-state index is 0.0772. The molecule has 2 N–H and O–H groups in total. The van der Waals surface area contributed by atoms with Gasteiger partial charge in [-0.25, -0.2) is 4.98 Å². The molecule has 0 bridgehead atoms. The number of unbranched alkanes of at least 4 members (excludes halogenated alkanes) is 1. The minimum atomic E-state index is 0.0772. The van der Waals surface area contributed by atoms with Crippen molar-refractivity contribution >= 4 is 22.8 Å². The van der Waals surface area contributed by atoms with Gasteiger partial charge in [-0.3, -0.25) is 9.59 Å². The lowest BCUT2D eigenvalue weighted by molar-refractivity contribution is -0.134. The Morgan fingerprint density at radius 3 is 2.64 bits per heavy atom. The smallest absolute Gasteiger partial charge is 0.222 e. The fraction of sp³-hybridized carbons (Fsp3) is 0.531. The van der Waals surface area contributed by atoms with Crippen molar-refractivity contribution in [3.63, 3.8) is 0 Å². The molecule has 0 radical (unpaired) electrons. The van der Waals surface area contributed by atoms with E-state index in [-0.39, 0.29) is 17.2 Å². The number of benzene rings is 2. The van der Waals surface area contributed by atoms with Crippen molar-refractivity contribution in [1.29, 1.82) is 0 Å². The molecule has 2 aliphatic rings. The number of carbonyl (C=O) groups excluding carboxylic acids is 2. The maximum atomic E-state index is 13.0.